The smallest absolute Gasteiger partial charge is 0.134 e. The summed E-state index contributed by atoms with van der Waals surface area (Å²) >= 11 is 3.43. The van der Waals surface area contributed by atoms with Crippen LogP contribution in [-0.4, -0.2) is 0 Å². The molecule has 0 fully saturated rings. The van der Waals surface area contributed by atoms with E-state index in [4.69, 9.17) is 4.74 Å². The number of rotatable bonds is 5. The quantitative estimate of drug-likeness (QED) is 0.351. The Morgan fingerprint density at radius 1 is 1.04 bits per heavy atom. The molecule has 0 aromatic heterocycles. The second-order valence-electron chi connectivity index (χ2n) is 5.76. The van der Waals surface area contributed by atoms with Gasteiger partial charge in [0, 0.05) is 5.56 Å². The van der Waals surface area contributed by atoms with Crippen LogP contribution in [0.15, 0.2) is 71.2 Å². The molecule has 0 unspecified atom stereocenters. The third kappa shape index (κ3) is 4.81. The number of nitriles is 1. The lowest BCUT2D eigenvalue weighted by Crippen LogP contribution is -1.96. The van der Waals surface area contributed by atoms with Gasteiger partial charge in [-0.15, -0.1) is 0 Å². The van der Waals surface area contributed by atoms with Crippen LogP contribution in [0.5, 0.6) is 5.75 Å². The minimum absolute atomic E-state index is 0.226. The van der Waals surface area contributed by atoms with E-state index in [9.17, 15) is 14.0 Å². The summed E-state index contributed by atoms with van der Waals surface area (Å²) in [5.41, 5.74) is 1.92. The van der Waals surface area contributed by atoms with Crippen molar-refractivity contribution in [3.8, 4) is 11.8 Å². The molecule has 0 radical (unpaired) electrons. The van der Waals surface area contributed by atoms with Gasteiger partial charge in [0.1, 0.15) is 24.0 Å². The van der Waals surface area contributed by atoms with Gasteiger partial charge >= 0.3 is 0 Å². The highest BCUT2D eigenvalue weighted by Crippen LogP contribution is 2.29. The maximum absolute atomic E-state index is 13.9. The number of ether oxygens (including phenoxy) is 1. The van der Waals surface area contributed by atoms with E-state index < -0.39 is 5.82 Å². The molecule has 5 heteroatoms. The first-order valence-corrected chi connectivity index (χ1v) is 8.89. The van der Waals surface area contributed by atoms with Gasteiger partial charge in [0.05, 0.1) is 16.1 Å². The van der Waals surface area contributed by atoms with E-state index in [2.05, 4.69) is 15.9 Å². The Morgan fingerprint density at radius 3 is 2.56 bits per heavy atom. The summed E-state index contributed by atoms with van der Waals surface area (Å²) in [6, 6.07) is 19.7. The minimum Gasteiger partial charge on any atom is -0.488 e. The Hall–Kier alpha value is -2.97. The monoisotopic (exact) mass is 425 g/mol. The van der Waals surface area contributed by atoms with Crippen molar-refractivity contribution < 1.29 is 13.5 Å². The molecule has 134 valence electrons. The zero-order valence-corrected chi connectivity index (χ0v) is 15.7. The van der Waals surface area contributed by atoms with E-state index in [1.54, 1.807) is 54.6 Å². The molecule has 0 spiro atoms. The lowest BCUT2D eigenvalue weighted by molar-refractivity contribution is 0.303. The van der Waals surface area contributed by atoms with Crippen molar-refractivity contribution in [1.82, 2.24) is 0 Å². The summed E-state index contributed by atoms with van der Waals surface area (Å²) in [4.78, 5) is 0. The van der Waals surface area contributed by atoms with E-state index >= 15 is 0 Å². The topological polar surface area (TPSA) is 33.0 Å². The fourth-order valence-electron chi connectivity index (χ4n) is 2.53. The fraction of sp³-hybridized carbons (Fsp3) is 0.0455. The van der Waals surface area contributed by atoms with Crippen LogP contribution >= 0.6 is 15.9 Å². The second kappa shape index (κ2) is 8.61. The summed E-state index contributed by atoms with van der Waals surface area (Å²) in [5.74, 6) is -0.173. The van der Waals surface area contributed by atoms with Crippen LogP contribution in [0.4, 0.5) is 8.78 Å². The molecule has 0 heterocycles. The Bertz CT molecular complexity index is 1040. The first-order chi connectivity index (χ1) is 13.1. The molecule has 0 saturated heterocycles. The average Bonchev–Trinajstić information content (AvgIpc) is 2.66. The average molecular weight is 426 g/mol. The van der Waals surface area contributed by atoms with Crippen LogP contribution in [0.2, 0.25) is 0 Å². The van der Waals surface area contributed by atoms with Crippen molar-refractivity contribution in [2.24, 2.45) is 0 Å². The summed E-state index contributed by atoms with van der Waals surface area (Å²) in [7, 11) is 0. The zero-order chi connectivity index (χ0) is 19.2. The number of hydrogen-bond donors (Lipinski definition) is 0. The Balaban J connectivity index is 1.80. The largest absolute Gasteiger partial charge is 0.488 e. The van der Waals surface area contributed by atoms with Crippen molar-refractivity contribution in [2.45, 2.75) is 6.61 Å². The third-order valence-electron chi connectivity index (χ3n) is 3.83. The predicted octanol–water partition coefficient (Wildman–Crippen LogP) is 6.37. The minimum atomic E-state index is -0.445. The lowest BCUT2D eigenvalue weighted by Gasteiger charge is -2.09. The Morgan fingerprint density at radius 2 is 1.85 bits per heavy atom. The molecule has 27 heavy (non-hydrogen) atoms. The number of hydrogen-bond acceptors (Lipinski definition) is 2. The zero-order valence-electron chi connectivity index (χ0n) is 14.1. The lowest BCUT2D eigenvalue weighted by atomic mass is 10.0. The molecule has 3 aromatic rings. The Labute approximate surface area is 164 Å². The van der Waals surface area contributed by atoms with Gasteiger partial charge < -0.3 is 4.74 Å². The molecule has 0 aliphatic carbocycles. The molecule has 3 aromatic carbocycles. The summed E-state index contributed by atoms with van der Waals surface area (Å²) in [6.07, 6.45) is 1.61. The van der Waals surface area contributed by atoms with Gasteiger partial charge in [0.2, 0.25) is 0 Å². The van der Waals surface area contributed by atoms with Gasteiger partial charge in [-0.25, -0.2) is 8.78 Å². The summed E-state index contributed by atoms with van der Waals surface area (Å²) in [5, 5.41) is 9.37. The maximum atomic E-state index is 13.9. The SMILES string of the molecule is N#C/C(=C/c1ccc(OCc2cccc(F)c2)c(Br)c1)c1ccccc1F. The van der Waals surface area contributed by atoms with Crippen molar-refractivity contribution in [2.75, 3.05) is 0 Å². The number of halogens is 3. The van der Waals surface area contributed by atoms with Crippen molar-refractivity contribution in [3.05, 3.63) is 99.5 Å². The van der Waals surface area contributed by atoms with Crippen LogP contribution in [0, 0.1) is 23.0 Å². The van der Waals surface area contributed by atoms with Crippen LogP contribution in [-0.2, 0) is 6.61 Å². The van der Waals surface area contributed by atoms with Crippen LogP contribution in [0.25, 0.3) is 11.6 Å². The molecule has 0 atom stereocenters. The third-order valence-corrected chi connectivity index (χ3v) is 4.45. The highest BCUT2D eigenvalue weighted by Gasteiger charge is 2.08. The first kappa shape index (κ1) is 18.8. The first-order valence-electron chi connectivity index (χ1n) is 8.10. The van der Waals surface area contributed by atoms with Gasteiger partial charge in [0.25, 0.3) is 0 Å². The van der Waals surface area contributed by atoms with Gasteiger partial charge in [-0.2, -0.15) is 5.26 Å². The predicted molar refractivity (Wildman–Crippen MR) is 105 cm³/mol. The van der Waals surface area contributed by atoms with Gasteiger partial charge in [-0.3, -0.25) is 0 Å². The van der Waals surface area contributed by atoms with Crippen molar-refractivity contribution >= 4 is 27.6 Å². The van der Waals surface area contributed by atoms with Crippen LogP contribution < -0.4 is 4.74 Å². The highest BCUT2D eigenvalue weighted by atomic mass is 79.9. The van der Waals surface area contributed by atoms with Crippen LogP contribution in [0.3, 0.4) is 0 Å². The fourth-order valence-corrected chi connectivity index (χ4v) is 3.04. The van der Waals surface area contributed by atoms with E-state index in [0.717, 1.165) is 11.1 Å². The number of nitrogens with zero attached hydrogens (tertiary/aromatic N) is 1. The summed E-state index contributed by atoms with van der Waals surface area (Å²) in [6.45, 7) is 0.226. The van der Waals surface area contributed by atoms with Crippen molar-refractivity contribution in [3.63, 3.8) is 0 Å². The standard InChI is InChI=1S/C22H14BrF2NO/c23-20-12-15(10-17(13-26)19-6-1-2-7-21(19)25)8-9-22(20)27-14-16-4-3-5-18(24)11-16/h1-12H,14H2/b17-10-. The molecule has 0 bridgehead atoms. The van der Waals surface area contributed by atoms with Gasteiger partial charge in [-0.1, -0.05) is 36.4 Å². The number of benzene rings is 3. The normalized spacial score (nSPS) is 11.1. The maximum Gasteiger partial charge on any atom is 0.134 e. The Kier molecular flexibility index (Phi) is 6.00. The van der Waals surface area contributed by atoms with E-state index in [1.807, 2.05) is 6.07 Å². The van der Waals surface area contributed by atoms with Crippen molar-refractivity contribution in [1.29, 1.82) is 5.26 Å². The van der Waals surface area contributed by atoms with E-state index in [1.165, 1.54) is 18.2 Å². The van der Waals surface area contributed by atoms with E-state index in [0.29, 0.717) is 10.2 Å². The summed E-state index contributed by atoms with van der Waals surface area (Å²) < 4.78 is 33.5. The molecule has 2 nitrogen and oxygen atoms in total. The molecular formula is C22H14BrF2NO. The molecule has 0 aliphatic rings. The van der Waals surface area contributed by atoms with E-state index in [-0.39, 0.29) is 23.6 Å². The van der Waals surface area contributed by atoms with Crippen LogP contribution in [0.1, 0.15) is 16.7 Å². The highest BCUT2D eigenvalue weighted by molar-refractivity contribution is 9.10. The number of allylic oxidation sites excluding steroid dienone is 1. The second-order valence-corrected chi connectivity index (χ2v) is 6.61. The molecule has 0 amide bonds. The van der Waals surface area contributed by atoms with Gasteiger partial charge in [0.15, 0.2) is 0 Å². The molecule has 0 N–H and O–H groups in total. The molecule has 3 rings (SSSR count). The molecular weight excluding hydrogens is 412 g/mol. The van der Waals surface area contributed by atoms with Gasteiger partial charge in [-0.05, 0) is 63.5 Å². The molecule has 0 saturated carbocycles. The molecule has 0 aliphatic heterocycles.